The van der Waals surface area contributed by atoms with Crippen molar-refractivity contribution in [2.24, 2.45) is 7.05 Å². The van der Waals surface area contributed by atoms with Gasteiger partial charge >= 0.3 is 5.97 Å². The van der Waals surface area contributed by atoms with Crippen molar-refractivity contribution in [3.8, 4) is 5.75 Å². The number of ether oxygens (including phenoxy) is 1. The van der Waals surface area contributed by atoms with Crippen LogP contribution in [0.1, 0.15) is 11.4 Å². The van der Waals surface area contributed by atoms with E-state index in [1.54, 1.807) is 25.2 Å². The smallest absolute Gasteiger partial charge is 0.328 e. The Hall–Kier alpha value is -2.41. The third-order valence-electron chi connectivity index (χ3n) is 2.28. The number of carboxylic acids is 1. The van der Waals surface area contributed by atoms with E-state index < -0.39 is 5.97 Å². The summed E-state index contributed by atoms with van der Waals surface area (Å²) in [5.74, 6) is -0.138. The zero-order valence-corrected chi connectivity index (χ0v) is 11.3. The van der Waals surface area contributed by atoms with Gasteiger partial charge in [-0.2, -0.15) is 4.80 Å². The topological polar surface area (TPSA) is 90.1 Å². The Morgan fingerprint density at radius 1 is 1.55 bits per heavy atom. The predicted octanol–water partition coefficient (Wildman–Crippen LogP) is 1.54. The quantitative estimate of drug-likeness (QED) is 0.841. The summed E-state index contributed by atoms with van der Waals surface area (Å²) in [6, 6.07) is 4.92. The molecule has 0 atom stereocenters. The number of benzene rings is 1. The molecule has 7 nitrogen and oxygen atoms in total. The minimum Gasteiger partial charge on any atom is -0.485 e. The van der Waals surface area contributed by atoms with Crippen LogP contribution in [0, 0.1) is 0 Å². The maximum atomic E-state index is 10.6. The number of tetrazole rings is 1. The molecule has 0 aliphatic heterocycles. The van der Waals surface area contributed by atoms with Gasteiger partial charge < -0.3 is 9.84 Å². The first-order valence-electron chi connectivity index (χ1n) is 5.61. The summed E-state index contributed by atoms with van der Waals surface area (Å²) in [6.45, 7) is 0.128. The Labute approximate surface area is 119 Å². The van der Waals surface area contributed by atoms with Gasteiger partial charge in [0.05, 0.1) is 7.05 Å². The summed E-state index contributed by atoms with van der Waals surface area (Å²) >= 11 is 5.88. The summed E-state index contributed by atoms with van der Waals surface area (Å²) in [5, 5.41) is 20.6. The summed E-state index contributed by atoms with van der Waals surface area (Å²) in [7, 11) is 1.65. The van der Waals surface area contributed by atoms with E-state index >= 15 is 0 Å². The van der Waals surface area contributed by atoms with Gasteiger partial charge in [0.1, 0.15) is 5.75 Å². The van der Waals surface area contributed by atoms with Crippen LogP contribution in [0.2, 0.25) is 5.02 Å². The molecule has 0 radical (unpaired) electrons. The molecule has 0 amide bonds. The van der Waals surface area contributed by atoms with Gasteiger partial charge in [-0.1, -0.05) is 11.6 Å². The number of hydrogen-bond donors (Lipinski definition) is 1. The molecule has 2 aromatic rings. The van der Waals surface area contributed by atoms with Crippen molar-refractivity contribution in [2.45, 2.75) is 6.61 Å². The van der Waals surface area contributed by atoms with Crippen LogP contribution in [0.5, 0.6) is 5.75 Å². The molecule has 1 aromatic heterocycles. The molecule has 20 heavy (non-hydrogen) atoms. The Balaban J connectivity index is 2.15. The second-order valence-corrected chi connectivity index (χ2v) is 4.27. The van der Waals surface area contributed by atoms with Crippen LogP contribution in [0.25, 0.3) is 6.08 Å². The summed E-state index contributed by atoms with van der Waals surface area (Å²) < 4.78 is 5.54. The van der Waals surface area contributed by atoms with E-state index in [2.05, 4.69) is 15.4 Å². The van der Waals surface area contributed by atoms with Crippen molar-refractivity contribution in [2.75, 3.05) is 0 Å². The lowest BCUT2D eigenvalue weighted by Gasteiger charge is -2.07. The molecule has 0 unspecified atom stereocenters. The van der Waals surface area contributed by atoms with Crippen LogP contribution in [0.15, 0.2) is 24.3 Å². The fourth-order valence-electron chi connectivity index (χ4n) is 1.47. The van der Waals surface area contributed by atoms with Gasteiger partial charge in [0, 0.05) is 16.7 Å². The number of hydrogen-bond acceptors (Lipinski definition) is 5. The monoisotopic (exact) mass is 294 g/mol. The average Bonchev–Trinajstić information content (AvgIpc) is 2.81. The third-order valence-corrected chi connectivity index (χ3v) is 2.52. The van der Waals surface area contributed by atoms with Crippen LogP contribution >= 0.6 is 11.6 Å². The van der Waals surface area contributed by atoms with E-state index in [0.29, 0.717) is 22.2 Å². The first-order chi connectivity index (χ1) is 9.54. The van der Waals surface area contributed by atoms with Crippen molar-refractivity contribution in [1.29, 1.82) is 0 Å². The summed E-state index contributed by atoms with van der Waals surface area (Å²) in [6.07, 6.45) is 2.42. The van der Waals surface area contributed by atoms with Gasteiger partial charge in [0.2, 0.25) is 5.82 Å². The van der Waals surface area contributed by atoms with E-state index in [9.17, 15) is 4.79 Å². The van der Waals surface area contributed by atoms with Crippen LogP contribution in [-0.2, 0) is 18.4 Å². The molecule has 1 N–H and O–H groups in total. The van der Waals surface area contributed by atoms with Gasteiger partial charge in [-0.05, 0) is 29.5 Å². The van der Waals surface area contributed by atoms with E-state index in [-0.39, 0.29) is 6.61 Å². The van der Waals surface area contributed by atoms with E-state index in [0.717, 1.165) is 6.08 Å². The predicted molar refractivity (Wildman–Crippen MR) is 71.3 cm³/mol. The van der Waals surface area contributed by atoms with Gasteiger partial charge in [-0.15, -0.1) is 10.2 Å². The number of aryl methyl sites for hydroxylation is 1. The lowest BCUT2D eigenvalue weighted by Crippen LogP contribution is -2.00. The van der Waals surface area contributed by atoms with Crippen molar-refractivity contribution < 1.29 is 14.6 Å². The zero-order chi connectivity index (χ0) is 14.5. The first-order valence-corrected chi connectivity index (χ1v) is 5.98. The summed E-state index contributed by atoms with van der Waals surface area (Å²) in [5.41, 5.74) is 0.559. The van der Waals surface area contributed by atoms with Crippen LogP contribution in [-0.4, -0.2) is 31.3 Å². The number of halogens is 1. The van der Waals surface area contributed by atoms with Crippen LogP contribution < -0.4 is 4.74 Å². The fraction of sp³-hybridized carbons (Fsp3) is 0.167. The number of nitrogens with zero attached hydrogens (tertiary/aromatic N) is 4. The second kappa shape index (κ2) is 6.16. The number of carboxylic acid groups (broad SMARTS) is 1. The standard InChI is InChI=1S/C12H11ClN4O3/c1-17-15-11(14-16-17)7-20-10-4-3-9(13)6-8(10)2-5-12(18)19/h2-6H,7H2,1H3,(H,18,19)/b5-2+. The molecule has 1 heterocycles. The molecule has 1 aromatic carbocycles. The molecule has 0 bridgehead atoms. The summed E-state index contributed by atoms with van der Waals surface area (Å²) in [4.78, 5) is 11.9. The Bertz CT molecular complexity index is 654. The number of aliphatic carboxylic acids is 1. The number of carbonyl (C=O) groups is 1. The molecule has 0 saturated heterocycles. The fourth-order valence-corrected chi connectivity index (χ4v) is 1.65. The highest BCUT2D eigenvalue weighted by molar-refractivity contribution is 6.30. The molecule has 0 saturated carbocycles. The lowest BCUT2D eigenvalue weighted by atomic mass is 10.2. The molecule has 104 valence electrons. The van der Waals surface area contributed by atoms with Gasteiger partial charge in [-0.3, -0.25) is 0 Å². The second-order valence-electron chi connectivity index (χ2n) is 3.84. The van der Waals surface area contributed by atoms with Crippen molar-refractivity contribution >= 4 is 23.6 Å². The van der Waals surface area contributed by atoms with Crippen molar-refractivity contribution in [3.63, 3.8) is 0 Å². The van der Waals surface area contributed by atoms with E-state index in [1.165, 1.54) is 10.9 Å². The Morgan fingerprint density at radius 3 is 3.00 bits per heavy atom. The number of aromatic nitrogens is 4. The minimum atomic E-state index is -1.05. The SMILES string of the molecule is Cn1nnc(COc2ccc(Cl)cc2/C=C/C(=O)O)n1. The van der Waals surface area contributed by atoms with Gasteiger partial charge in [0.15, 0.2) is 6.61 Å². The van der Waals surface area contributed by atoms with Crippen molar-refractivity contribution in [1.82, 2.24) is 20.2 Å². The van der Waals surface area contributed by atoms with Crippen LogP contribution in [0.3, 0.4) is 0 Å². The van der Waals surface area contributed by atoms with Crippen LogP contribution in [0.4, 0.5) is 0 Å². The highest BCUT2D eigenvalue weighted by atomic mass is 35.5. The van der Waals surface area contributed by atoms with Gasteiger partial charge in [0.25, 0.3) is 0 Å². The molecular weight excluding hydrogens is 284 g/mol. The molecule has 2 rings (SSSR count). The molecule has 0 spiro atoms. The number of rotatable bonds is 5. The molecule has 8 heteroatoms. The molecule has 0 aliphatic carbocycles. The lowest BCUT2D eigenvalue weighted by molar-refractivity contribution is -0.131. The molecule has 0 aliphatic rings. The maximum absolute atomic E-state index is 10.6. The highest BCUT2D eigenvalue weighted by Crippen LogP contribution is 2.24. The van der Waals surface area contributed by atoms with Gasteiger partial charge in [-0.25, -0.2) is 4.79 Å². The van der Waals surface area contributed by atoms with E-state index in [1.807, 2.05) is 0 Å². The normalized spacial score (nSPS) is 10.9. The largest absolute Gasteiger partial charge is 0.485 e. The first kappa shape index (κ1) is 14.0. The zero-order valence-electron chi connectivity index (χ0n) is 10.5. The average molecular weight is 295 g/mol. The van der Waals surface area contributed by atoms with Crippen molar-refractivity contribution in [3.05, 3.63) is 40.7 Å². The van der Waals surface area contributed by atoms with E-state index in [4.69, 9.17) is 21.4 Å². The molecular formula is C12H11ClN4O3. The maximum Gasteiger partial charge on any atom is 0.328 e. The Kier molecular flexibility index (Phi) is 4.31. The third kappa shape index (κ3) is 3.79. The molecule has 0 fully saturated rings. The highest BCUT2D eigenvalue weighted by Gasteiger charge is 2.06. The minimum absolute atomic E-state index is 0.128. The Morgan fingerprint density at radius 2 is 2.35 bits per heavy atom.